The lowest BCUT2D eigenvalue weighted by Crippen LogP contribution is -2.26. The second-order valence-electron chi connectivity index (χ2n) is 7.02. The fourth-order valence-corrected chi connectivity index (χ4v) is 4.57. The Morgan fingerprint density at radius 3 is 2.80 bits per heavy atom. The maximum Gasteiger partial charge on any atom is 0.0641 e. The highest BCUT2D eigenvalue weighted by Gasteiger charge is 2.40. The summed E-state index contributed by atoms with van der Waals surface area (Å²) in [5.41, 5.74) is 2.62. The second-order valence-corrected chi connectivity index (χ2v) is 7.02. The summed E-state index contributed by atoms with van der Waals surface area (Å²) < 4.78 is 1.96. The van der Waals surface area contributed by atoms with E-state index in [1.807, 2.05) is 11.7 Å². The van der Waals surface area contributed by atoms with Gasteiger partial charge in [0.15, 0.2) is 0 Å². The van der Waals surface area contributed by atoms with Crippen LogP contribution in [0.25, 0.3) is 0 Å². The minimum absolute atomic E-state index is 0.507. The highest BCUT2D eigenvalue weighted by molar-refractivity contribution is 5.20. The van der Waals surface area contributed by atoms with Crippen LogP contribution >= 0.6 is 0 Å². The third-order valence-electron chi connectivity index (χ3n) is 5.49. The zero-order chi connectivity index (χ0) is 14.1. The third-order valence-corrected chi connectivity index (χ3v) is 5.49. The molecule has 0 aromatic carbocycles. The van der Waals surface area contributed by atoms with E-state index in [1.165, 1.54) is 49.8 Å². The van der Waals surface area contributed by atoms with Crippen molar-refractivity contribution < 1.29 is 0 Å². The molecule has 1 aromatic rings. The van der Waals surface area contributed by atoms with Gasteiger partial charge in [-0.25, -0.2) is 0 Å². The molecule has 2 aliphatic carbocycles. The summed E-state index contributed by atoms with van der Waals surface area (Å²) >= 11 is 0. The van der Waals surface area contributed by atoms with E-state index in [2.05, 4.69) is 30.5 Å². The molecule has 2 saturated carbocycles. The van der Waals surface area contributed by atoms with Gasteiger partial charge < -0.3 is 5.32 Å². The van der Waals surface area contributed by atoms with Gasteiger partial charge in [-0.05, 0) is 63.3 Å². The van der Waals surface area contributed by atoms with Crippen molar-refractivity contribution in [3.8, 4) is 0 Å². The molecule has 1 heterocycles. The highest BCUT2D eigenvalue weighted by atomic mass is 15.3. The monoisotopic (exact) mass is 275 g/mol. The van der Waals surface area contributed by atoms with E-state index in [9.17, 15) is 0 Å². The van der Waals surface area contributed by atoms with Crippen LogP contribution in [0.2, 0.25) is 0 Å². The molecule has 0 aliphatic heterocycles. The average molecular weight is 275 g/mol. The fraction of sp³-hybridized carbons (Fsp3) is 0.824. The summed E-state index contributed by atoms with van der Waals surface area (Å²) in [5, 5.41) is 8.31. The maximum atomic E-state index is 4.54. The molecule has 20 heavy (non-hydrogen) atoms. The number of nitrogens with zero attached hydrogens (tertiary/aromatic N) is 2. The van der Waals surface area contributed by atoms with Gasteiger partial charge in [0, 0.05) is 24.8 Å². The molecule has 0 saturated heterocycles. The van der Waals surface area contributed by atoms with E-state index in [0.717, 1.165) is 24.3 Å². The van der Waals surface area contributed by atoms with E-state index in [4.69, 9.17) is 0 Å². The van der Waals surface area contributed by atoms with Crippen LogP contribution in [0.4, 0.5) is 0 Å². The molecule has 1 aromatic heterocycles. The number of aryl methyl sites for hydroxylation is 2. The van der Waals surface area contributed by atoms with Crippen molar-refractivity contribution in [1.82, 2.24) is 15.1 Å². The minimum atomic E-state index is 0.507. The molecule has 3 rings (SSSR count). The normalized spacial score (nSPS) is 30.1. The average Bonchev–Trinajstić information content (AvgIpc) is 3.10. The van der Waals surface area contributed by atoms with E-state index in [-0.39, 0.29) is 0 Å². The number of hydrogen-bond acceptors (Lipinski definition) is 2. The zero-order valence-corrected chi connectivity index (χ0v) is 13.2. The molecular formula is C17H29N3. The lowest BCUT2D eigenvalue weighted by Gasteiger charge is -2.27. The summed E-state index contributed by atoms with van der Waals surface area (Å²) in [5.74, 6) is 3.01. The molecule has 2 aliphatic rings. The van der Waals surface area contributed by atoms with Gasteiger partial charge in [0.25, 0.3) is 0 Å². The van der Waals surface area contributed by atoms with Gasteiger partial charge in [0.2, 0.25) is 0 Å². The summed E-state index contributed by atoms with van der Waals surface area (Å²) in [6.07, 6.45) is 10.7. The van der Waals surface area contributed by atoms with Crippen molar-refractivity contribution in [2.24, 2.45) is 24.8 Å². The topological polar surface area (TPSA) is 29.9 Å². The molecule has 4 atom stereocenters. The number of nitrogens with one attached hydrogen (secondary N) is 1. The Morgan fingerprint density at radius 2 is 2.25 bits per heavy atom. The predicted molar refractivity (Wildman–Crippen MR) is 82.5 cm³/mol. The molecular weight excluding hydrogens is 246 g/mol. The smallest absolute Gasteiger partial charge is 0.0641 e. The highest BCUT2D eigenvalue weighted by Crippen LogP contribution is 2.51. The van der Waals surface area contributed by atoms with Crippen LogP contribution in [-0.4, -0.2) is 16.3 Å². The molecule has 0 amide bonds. The van der Waals surface area contributed by atoms with Gasteiger partial charge in [0.05, 0.1) is 5.69 Å². The molecule has 0 radical (unpaired) electrons. The lowest BCUT2D eigenvalue weighted by atomic mass is 9.83. The lowest BCUT2D eigenvalue weighted by molar-refractivity contribution is 0.279. The molecule has 1 N–H and O–H groups in total. The van der Waals surface area contributed by atoms with Gasteiger partial charge in [-0.3, -0.25) is 4.68 Å². The summed E-state index contributed by atoms with van der Waals surface area (Å²) in [7, 11) is 2.03. The molecule has 112 valence electrons. The molecule has 2 bridgehead atoms. The molecule has 3 nitrogen and oxygen atoms in total. The number of fused-ring (bicyclic) bond motifs is 2. The van der Waals surface area contributed by atoms with Crippen LogP contribution in [0.15, 0.2) is 6.20 Å². The van der Waals surface area contributed by atoms with Gasteiger partial charge >= 0.3 is 0 Å². The van der Waals surface area contributed by atoms with Crippen molar-refractivity contribution in [3.05, 3.63) is 17.5 Å². The van der Waals surface area contributed by atoms with E-state index >= 15 is 0 Å². The first-order valence-corrected chi connectivity index (χ1v) is 8.41. The number of hydrogen-bond donors (Lipinski definition) is 1. The predicted octanol–water partition coefficient (Wildman–Crippen LogP) is 3.60. The standard InChI is InChI=1S/C17H29N3/c1-4-7-18-17(16-11-20(3)19-12(16)2)10-15-9-13-5-6-14(15)8-13/h11,13-15,17-18H,4-10H2,1-3H3. The van der Waals surface area contributed by atoms with Gasteiger partial charge in [0.1, 0.15) is 0 Å². The molecule has 0 spiro atoms. The van der Waals surface area contributed by atoms with Crippen LogP contribution in [0.3, 0.4) is 0 Å². The summed E-state index contributed by atoms with van der Waals surface area (Å²) in [6, 6.07) is 0.507. The maximum absolute atomic E-state index is 4.54. The Bertz CT molecular complexity index is 451. The third kappa shape index (κ3) is 2.78. The quantitative estimate of drug-likeness (QED) is 0.859. The second kappa shape index (κ2) is 5.88. The van der Waals surface area contributed by atoms with Crippen LogP contribution in [0, 0.1) is 24.7 Å². The van der Waals surface area contributed by atoms with E-state index < -0.39 is 0 Å². The fourth-order valence-electron chi connectivity index (χ4n) is 4.57. The largest absolute Gasteiger partial charge is 0.310 e. The Hall–Kier alpha value is -0.830. The first-order valence-electron chi connectivity index (χ1n) is 8.41. The van der Waals surface area contributed by atoms with Crippen LogP contribution in [-0.2, 0) is 7.05 Å². The van der Waals surface area contributed by atoms with Gasteiger partial charge in [-0.1, -0.05) is 13.3 Å². The summed E-state index contributed by atoms with van der Waals surface area (Å²) in [4.78, 5) is 0. The number of rotatable bonds is 6. The van der Waals surface area contributed by atoms with Gasteiger partial charge in [-0.2, -0.15) is 5.10 Å². The number of aromatic nitrogens is 2. The Balaban J connectivity index is 1.71. The van der Waals surface area contributed by atoms with Crippen molar-refractivity contribution in [3.63, 3.8) is 0 Å². The van der Waals surface area contributed by atoms with Crippen LogP contribution < -0.4 is 5.32 Å². The Labute approximate surface area is 123 Å². The van der Waals surface area contributed by atoms with Crippen molar-refractivity contribution in [2.75, 3.05) is 6.54 Å². The Kier molecular flexibility index (Phi) is 4.16. The van der Waals surface area contributed by atoms with E-state index in [0.29, 0.717) is 6.04 Å². The first-order chi connectivity index (χ1) is 9.67. The van der Waals surface area contributed by atoms with E-state index in [1.54, 1.807) is 0 Å². The van der Waals surface area contributed by atoms with Crippen LogP contribution in [0.1, 0.15) is 62.7 Å². The molecule has 4 unspecified atom stereocenters. The Morgan fingerprint density at radius 1 is 1.40 bits per heavy atom. The van der Waals surface area contributed by atoms with Crippen LogP contribution in [0.5, 0.6) is 0 Å². The molecule has 2 fully saturated rings. The SMILES string of the molecule is CCCNC(CC1CC2CCC1C2)c1cn(C)nc1C. The van der Waals surface area contributed by atoms with Crippen molar-refractivity contribution in [1.29, 1.82) is 0 Å². The first kappa shape index (κ1) is 14.1. The minimum Gasteiger partial charge on any atom is -0.310 e. The van der Waals surface area contributed by atoms with Crippen molar-refractivity contribution in [2.45, 2.75) is 58.4 Å². The zero-order valence-electron chi connectivity index (χ0n) is 13.2. The van der Waals surface area contributed by atoms with Gasteiger partial charge in [-0.15, -0.1) is 0 Å². The summed E-state index contributed by atoms with van der Waals surface area (Å²) in [6.45, 7) is 5.51. The molecule has 3 heteroatoms. The van der Waals surface area contributed by atoms with Crippen molar-refractivity contribution >= 4 is 0 Å².